The van der Waals surface area contributed by atoms with Crippen LogP contribution in [-0.4, -0.2) is 32.1 Å². The molecule has 0 spiro atoms. The Morgan fingerprint density at radius 1 is 1.47 bits per heavy atom. The van der Waals surface area contributed by atoms with Crippen molar-refractivity contribution in [3.8, 4) is 0 Å². The molecule has 0 aliphatic carbocycles. The SMILES string of the molecule is COC(=O)c1cc(NC(=O)CC2CNC2)ccc1Cl. The van der Waals surface area contributed by atoms with Gasteiger partial charge in [0.25, 0.3) is 0 Å². The van der Waals surface area contributed by atoms with Gasteiger partial charge in [-0.15, -0.1) is 0 Å². The molecule has 6 heteroatoms. The third-order valence-corrected chi connectivity index (χ3v) is 3.33. The van der Waals surface area contributed by atoms with Crippen molar-refractivity contribution >= 4 is 29.2 Å². The number of nitrogens with one attached hydrogen (secondary N) is 2. The van der Waals surface area contributed by atoms with Crippen molar-refractivity contribution in [2.75, 3.05) is 25.5 Å². The fourth-order valence-electron chi connectivity index (χ4n) is 1.84. The van der Waals surface area contributed by atoms with E-state index in [9.17, 15) is 9.59 Å². The van der Waals surface area contributed by atoms with Crippen LogP contribution < -0.4 is 10.6 Å². The molecule has 1 aromatic carbocycles. The van der Waals surface area contributed by atoms with Crippen LogP contribution in [0.4, 0.5) is 5.69 Å². The Balaban J connectivity index is 2.03. The van der Waals surface area contributed by atoms with Gasteiger partial charge in [0.15, 0.2) is 0 Å². The van der Waals surface area contributed by atoms with E-state index in [0.717, 1.165) is 13.1 Å². The number of anilines is 1. The highest BCUT2D eigenvalue weighted by molar-refractivity contribution is 6.33. The molecule has 0 atom stereocenters. The van der Waals surface area contributed by atoms with Crippen LogP contribution in [0, 0.1) is 5.92 Å². The standard InChI is InChI=1S/C13H15ClN2O3/c1-19-13(18)10-5-9(2-3-11(10)14)16-12(17)4-8-6-15-7-8/h2-3,5,8,15H,4,6-7H2,1H3,(H,16,17). The zero-order valence-corrected chi connectivity index (χ0v) is 11.3. The molecular formula is C13H15ClN2O3. The van der Waals surface area contributed by atoms with Crippen LogP contribution in [0.1, 0.15) is 16.8 Å². The number of amides is 1. The number of methoxy groups -OCH3 is 1. The number of esters is 1. The predicted molar refractivity (Wildman–Crippen MR) is 72.4 cm³/mol. The molecule has 5 nitrogen and oxygen atoms in total. The number of ether oxygens (including phenoxy) is 1. The highest BCUT2D eigenvalue weighted by Gasteiger charge is 2.20. The zero-order valence-electron chi connectivity index (χ0n) is 10.5. The lowest BCUT2D eigenvalue weighted by molar-refractivity contribution is -0.117. The normalized spacial score (nSPS) is 14.6. The van der Waals surface area contributed by atoms with Gasteiger partial charge in [-0.1, -0.05) is 11.6 Å². The summed E-state index contributed by atoms with van der Waals surface area (Å²) in [6.45, 7) is 1.75. The lowest BCUT2D eigenvalue weighted by Gasteiger charge is -2.26. The summed E-state index contributed by atoms with van der Waals surface area (Å²) >= 11 is 5.90. The second kappa shape index (κ2) is 6.04. The minimum absolute atomic E-state index is 0.0651. The van der Waals surface area contributed by atoms with Crippen LogP contribution in [0.5, 0.6) is 0 Å². The molecule has 2 N–H and O–H groups in total. The molecule has 0 aromatic heterocycles. The summed E-state index contributed by atoms with van der Waals surface area (Å²) in [7, 11) is 1.29. The monoisotopic (exact) mass is 282 g/mol. The smallest absolute Gasteiger partial charge is 0.339 e. The first-order chi connectivity index (χ1) is 9.10. The number of carbonyl (C=O) groups is 2. The maximum Gasteiger partial charge on any atom is 0.339 e. The van der Waals surface area contributed by atoms with Gasteiger partial charge in [0, 0.05) is 12.1 Å². The third-order valence-electron chi connectivity index (χ3n) is 3.00. The molecule has 0 bridgehead atoms. The van der Waals surface area contributed by atoms with E-state index in [1.54, 1.807) is 12.1 Å². The van der Waals surface area contributed by atoms with Gasteiger partial charge < -0.3 is 15.4 Å². The molecule has 102 valence electrons. The summed E-state index contributed by atoms with van der Waals surface area (Å²) in [6, 6.07) is 4.74. The minimum atomic E-state index is -0.524. The average Bonchev–Trinajstić information content (AvgIpc) is 2.35. The van der Waals surface area contributed by atoms with Crippen molar-refractivity contribution in [3.05, 3.63) is 28.8 Å². The number of hydrogen-bond acceptors (Lipinski definition) is 4. The summed E-state index contributed by atoms with van der Waals surface area (Å²) in [5, 5.41) is 6.16. The van der Waals surface area contributed by atoms with Gasteiger partial charge in [0.2, 0.25) is 5.91 Å². The lowest BCUT2D eigenvalue weighted by Crippen LogP contribution is -2.43. The molecule has 1 saturated heterocycles. The Morgan fingerprint density at radius 3 is 2.79 bits per heavy atom. The molecular weight excluding hydrogens is 268 g/mol. The van der Waals surface area contributed by atoms with Gasteiger partial charge >= 0.3 is 5.97 Å². The second-order valence-corrected chi connectivity index (χ2v) is 4.87. The number of halogens is 1. The van der Waals surface area contributed by atoms with E-state index in [2.05, 4.69) is 15.4 Å². The number of rotatable bonds is 4. The Morgan fingerprint density at radius 2 is 2.21 bits per heavy atom. The van der Waals surface area contributed by atoms with Crippen LogP contribution >= 0.6 is 11.6 Å². The van der Waals surface area contributed by atoms with E-state index in [4.69, 9.17) is 11.6 Å². The highest BCUT2D eigenvalue weighted by atomic mass is 35.5. The van der Waals surface area contributed by atoms with Crippen LogP contribution in [0.25, 0.3) is 0 Å². The largest absolute Gasteiger partial charge is 0.465 e. The summed E-state index contributed by atoms with van der Waals surface area (Å²) in [4.78, 5) is 23.2. The van der Waals surface area contributed by atoms with Gasteiger partial charge in [-0.05, 0) is 37.2 Å². The molecule has 1 amide bonds. The van der Waals surface area contributed by atoms with Crippen molar-refractivity contribution in [2.45, 2.75) is 6.42 Å². The van der Waals surface area contributed by atoms with E-state index in [-0.39, 0.29) is 11.5 Å². The average molecular weight is 283 g/mol. The maximum atomic E-state index is 11.8. The van der Waals surface area contributed by atoms with Gasteiger partial charge in [0.05, 0.1) is 17.7 Å². The lowest BCUT2D eigenvalue weighted by atomic mass is 9.99. The Bertz CT molecular complexity index is 501. The quantitative estimate of drug-likeness (QED) is 0.825. The summed E-state index contributed by atoms with van der Waals surface area (Å²) in [5.74, 6) is -0.193. The first-order valence-electron chi connectivity index (χ1n) is 5.98. The number of benzene rings is 1. The maximum absolute atomic E-state index is 11.8. The number of hydrogen-bond donors (Lipinski definition) is 2. The first-order valence-corrected chi connectivity index (χ1v) is 6.36. The fourth-order valence-corrected chi connectivity index (χ4v) is 2.03. The second-order valence-electron chi connectivity index (χ2n) is 4.46. The predicted octanol–water partition coefficient (Wildman–Crippen LogP) is 1.67. The van der Waals surface area contributed by atoms with E-state index >= 15 is 0 Å². The van der Waals surface area contributed by atoms with Crippen LogP contribution in [0.3, 0.4) is 0 Å². The van der Waals surface area contributed by atoms with E-state index in [1.807, 2.05) is 0 Å². The summed E-state index contributed by atoms with van der Waals surface area (Å²) in [5.41, 5.74) is 0.786. The first kappa shape index (κ1) is 13.8. The molecule has 0 unspecified atom stereocenters. The van der Waals surface area contributed by atoms with Gasteiger partial charge in [-0.2, -0.15) is 0 Å². The number of carbonyl (C=O) groups excluding carboxylic acids is 2. The van der Waals surface area contributed by atoms with Crippen molar-refractivity contribution < 1.29 is 14.3 Å². The van der Waals surface area contributed by atoms with Crippen molar-refractivity contribution in [1.29, 1.82) is 0 Å². The molecule has 1 fully saturated rings. The molecule has 2 rings (SSSR count). The molecule has 0 saturated carbocycles. The van der Waals surface area contributed by atoms with E-state index in [0.29, 0.717) is 23.0 Å². The minimum Gasteiger partial charge on any atom is -0.465 e. The molecule has 0 radical (unpaired) electrons. The van der Waals surface area contributed by atoms with Crippen molar-refractivity contribution in [3.63, 3.8) is 0 Å². The Hall–Kier alpha value is -1.59. The molecule has 1 aliphatic rings. The van der Waals surface area contributed by atoms with Crippen molar-refractivity contribution in [2.24, 2.45) is 5.92 Å². The zero-order chi connectivity index (χ0) is 13.8. The molecule has 1 heterocycles. The van der Waals surface area contributed by atoms with Crippen LogP contribution in [-0.2, 0) is 9.53 Å². The van der Waals surface area contributed by atoms with Crippen LogP contribution in [0.2, 0.25) is 5.02 Å². The van der Waals surface area contributed by atoms with Crippen LogP contribution in [0.15, 0.2) is 18.2 Å². The fraction of sp³-hybridized carbons (Fsp3) is 0.385. The molecule has 19 heavy (non-hydrogen) atoms. The Labute approximate surface area is 116 Å². The highest BCUT2D eigenvalue weighted by Crippen LogP contribution is 2.22. The Kier molecular flexibility index (Phi) is 4.39. The summed E-state index contributed by atoms with van der Waals surface area (Å²) in [6.07, 6.45) is 0.475. The van der Waals surface area contributed by atoms with Gasteiger partial charge in [0.1, 0.15) is 0 Å². The summed E-state index contributed by atoms with van der Waals surface area (Å²) < 4.78 is 4.62. The van der Waals surface area contributed by atoms with Gasteiger partial charge in [-0.25, -0.2) is 4.79 Å². The van der Waals surface area contributed by atoms with E-state index < -0.39 is 5.97 Å². The van der Waals surface area contributed by atoms with Crippen molar-refractivity contribution in [1.82, 2.24) is 5.32 Å². The van der Waals surface area contributed by atoms with E-state index in [1.165, 1.54) is 13.2 Å². The topological polar surface area (TPSA) is 67.4 Å². The third kappa shape index (κ3) is 3.45. The van der Waals surface area contributed by atoms with Gasteiger partial charge in [-0.3, -0.25) is 4.79 Å². The molecule has 1 aromatic rings. The molecule has 1 aliphatic heterocycles.